The summed E-state index contributed by atoms with van der Waals surface area (Å²) in [5, 5.41) is 9.22. The van der Waals surface area contributed by atoms with Crippen molar-refractivity contribution in [3.63, 3.8) is 0 Å². The molecule has 1 aliphatic carbocycles. The van der Waals surface area contributed by atoms with E-state index in [-0.39, 0.29) is 5.91 Å². The number of hydrogen-bond acceptors (Lipinski definition) is 3. The topological polar surface area (TPSA) is 53.3 Å². The van der Waals surface area contributed by atoms with Crippen molar-refractivity contribution in [1.82, 2.24) is 4.90 Å². The fraction of sp³-hybridized carbons (Fsp3) is 0.857. The maximum absolute atomic E-state index is 12.2. The molecule has 0 spiro atoms. The van der Waals surface area contributed by atoms with Crippen molar-refractivity contribution < 1.29 is 9.53 Å². The molecule has 1 amide bonds. The fourth-order valence-corrected chi connectivity index (χ4v) is 1.96. The van der Waals surface area contributed by atoms with Crippen LogP contribution in [0.2, 0.25) is 0 Å². The molecule has 4 nitrogen and oxygen atoms in total. The number of amides is 1. The number of nitriles is 1. The predicted molar refractivity (Wildman–Crippen MR) is 69.8 cm³/mol. The molecule has 1 rings (SSSR count). The molecule has 0 aromatic heterocycles. The summed E-state index contributed by atoms with van der Waals surface area (Å²) >= 11 is 0. The van der Waals surface area contributed by atoms with E-state index >= 15 is 0 Å². The standard InChI is InChI=1S/C14H24N2O2/c1-4-14(5-2,11-15)13(17)16(3)8-9-18-10-12-6-7-12/h12H,4-10H2,1-3H3. The van der Waals surface area contributed by atoms with E-state index in [0.29, 0.717) is 26.0 Å². The molecule has 0 N–H and O–H groups in total. The lowest BCUT2D eigenvalue weighted by Crippen LogP contribution is -2.42. The van der Waals surface area contributed by atoms with Gasteiger partial charge in [0.05, 0.1) is 12.7 Å². The Balaban J connectivity index is 2.36. The van der Waals surface area contributed by atoms with Crippen molar-refractivity contribution in [2.45, 2.75) is 39.5 Å². The first-order valence-corrected chi connectivity index (χ1v) is 6.84. The average molecular weight is 252 g/mol. The van der Waals surface area contributed by atoms with Gasteiger partial charge in [-0.15, -0.1) is 0 Å². The van der Waals surface area contributed by atoms with Crippen molar-refractivity contribution in [3.05, 3.63) is 0 Å². The van der Waals surface area contributed by atoms with Crippen LogP contribution in [0.4, 0.5) is 0 Å². The summed E-state index contributed by atoms with van der Waals surface area (Å²) in [7, 11) is 1.75. The normalized spacial score (nSPS) is 15.2. The number of carbonyl (C=O) groups is 1. The number of ether oxygens (including phenoxy) is 1. The van der Waals surface area contributed by atoms with E-state index in [1.54, 1.807) is 11.9 Å². The van der Waals surface area contributed by atoms with Gasteiger partial charge in [0, 0.05) is 20.2 Å². The van der Waals surface area contributed by atoms with Crippen LogP contribution in [0, 0.1) is 22.7 Å². The number of hydrogen-bond donors (Lipinski definition) is 0. The summed E-state index contributed by atoms with van der Waals surface area (Å²) < 4.78 is 5.52. The molecule has 18 heavy (non-hydrogen) atoms. The van der Waals surface area contributed by atoms with E-state index in [0.717, 1.165) is 12.5 Å². The third-order valence-corrected chi connectivity index (χ3v) is 3.80. The van der Waals surface area contributed by atoms with Gasteiger partial charge < -0.3 is 9.64 Å². The smallest absolute Gasteiger partial charge is 0.242 e. The third-order valence-electron chi connectivity index (χ3n) is 3.80. The Bertz CT molecular complexity index is 314. The maximum Gasteiger partial charge on any atom is 0.242 e. The summed E-state index contributed by atoms with van der Waals surface area (Å²) in [5.41, 5.74) is -0.856. The maximum atomic E-state index is 12.2. The van der Waals surface area contributed by atoms with Gasteiger partial charge in [0.2, 0.25) is 5.91 Å². The largest absolute Gasteiger partial charge is 0.379 e. The van der Waals surface area contributed by atoms with Gasteiger partial charge in [-0.05, 0) is 31.6 Å². The Morgan fingerprint density at radius 1 is 1.44 bits per heavy atom. The molecule has 1 fully saturated rings. The van der Waals surface area contributed by atoms with Gasteiger partial charge in [0.1, 0.15) is 5.41 Å². The summed E-state index contributed by atoms with van der Waals surface area (Å²) in [5.74, 6) is 0.667. The van der Waals surface area contributed by atoms with Crippen LogP contribution in [0.15, 0.2) is 0 Å². The molecule has 1 aliphatic rings. The van der Waals surface area contributed by atoms with E-state index in [2.05, 4.69) is 6.07 Å². The first kappa shape index (κ1) is 15.0. The van der Waals surface area contributed by atoms with Crippen LogP contribution in [-0.2, 0) is 9.53 Å². The van der Waals surface area contributed by atoms with E-state index in [9.17, 15) is 10.1 Å². The zero-order chi connectivity index (χ0) is 13.6. The zero-order valence-corrected chi connectivity index (χ0v) is 11.7. The lowest BCUT2D eigenvalue weighted by atomic mass is 9.82. The number of carbonyl (C=O) groups excluding carboxylic acids is 1. The third kappa shape index (κ3) is 3.71. The minimum atomic E-state index is -0.856. The van der Waals surface area contributed by atoms with Crippen molar-refractivity contribution in [2.24, 2.45) is 11.3 Å². The Morgan fingerprint density at radius 2 is 2.06 bits per heavy atom. The second-order valence-electron chi connectivity index (χ2n) is 5.15. The highest BCUT2D eigenvalue weighted by Gasteiger charge is 2.37. The van der Waals surface area contributed by atoms with Crippen LogP contribution >= 0.6 is 0 Å². The number of rotatable bonds is 8. The minimum Gasteiger partial charge on any atom is -0.379 e. The number of nitrogens with zero attached hydrogens (tertiary/aromatic N) is 2. The summed E-state index contributed by atoms with van der Waals surface area (Å²) in [6.45, 7) is 5.72. The Morgan fingerprint density at radius 3 is 2.50 bits per heavy atom. The molecule has 0 radical (unpaired) electrons. The molecular weight excluding hydrogens is 228 g/mol. The molecule has 0 aromatic rings. The zero-order valence-electron chi connectivity index (χ0n) is 11.7. The highest BCUT2D eigenvalue weighted by Crippen LogP contribution is 2.29. The molecule has 0 aromatic carbocycles. The van der Waals surface area contributed by atoms with E-state index < -0.39 is 5.41 Å². The van der Waals surface area contributed by atoms with Crippen LogP contribution in [-0.4, -0.2) is 37.6 Å². The van der Waals surface area contributed by atoms with Gasteiger partial charge in [-0.2, -0.15) is 5.26 Å². The minimum absolute atomic E-state index is 0.0787. The van der Waals surface area contributed by atoms with Crippen molar-refractivity contribution in [3.8, 4) is 6.07 Å². The molecular formula is C14H24N2O2. The lowest BCUT2D eigenvalue weighted by Gasteiger charge is -2.28. The summed E-state index contributed by atoms with van der Waals surface area (Å²) in [6, 6.07) is 2.18. The second kappa shape index (κ2) is 6.75. The number of likely N-dealkylation sites (N-methyl/N-ethyl adjacent to an activating group) is 1. The lowest BCUT2D eigenvalue weighted by molar-refractivity contribution is -0.138. The summed E-state index contributed by atoms with van der Waals surface area (Å²) in [4.78, 5) is 13.9. The molecule has 4 heteroatoms. The molecule has 0 heterocycles. The van der Waals surface area contributed by atoms with Crippen LogP contribution in [0.25, 0.3) is 0 Å². The highest BCUT2D eigenvalue weighted by atomic mass is 16.5. The summed E-state index contributed by atoms with van der Waals surface area (Å²) in [6.07, 6.45) is 3.67. The van der Waals surface area contributed by atoms with Crippen molar-refractivity contribution in [2.75, 3.05) is 26.8 Å². The fourth-order valence-electron chi connectivity index (χ4n) is 1.96. The van der Waals surface area contributed by atoms with Crippen LogP contribution in [0.1, 0.15) is 39.5 Å². The molecule has 0 unspecified atom stereocenters. The Kier molecular flexibility index (Phi) is 5.61. The second-order valence-corrected chi connectivity index (χ2v) is 5.15. The van der Waals surface area contributed by atoms with Crippen molar-refractivity contribution in [1.29, 1.82) is 5.26 Å². The molecule has 102 valence electrons. The Hall–Kier alpha value is -1.08. The van der Waals surface area contributed by atoms with Gasteiger partial charge in [-0.3, -0.25) is 4.79 Å². The van der Waals surface area contributed by atoms with Gasteiger partial charge in [-0.25, -0.2) is 0 Å². The van der Waals surface area contributed by atoms with Gasteiger partial charge in [-0.1, -0.05) is 13.8 Å². The van der Waals surface area contributed by atoms with E-state index in [1.807, 2.05) is 13.8 Å². The Labute approximate surface area is 110 Å². The molecule has 0 aliphatic heterocycles. The van der Waals surface area contributed by atoms with Crippen molar-refractivity contribution >= 4 is 5.91 Å². The van der Waals surface area contributed by atoms with E-state index in [1.165, 1.54) is 12.8 Å². The van der Waals surface area contributed by atoms with E-state index in [4.69, 9.17) is 4.74 Å². The van der Waals surface area contributed by atoms with Crippen LogP contribution in [0.3, 0.4) is 0 Å². The SMILES string of the molecule is CCC(C#N)(CC)C(=O)N(C)CCOCC1CC1. The first-order valence-electron chi connectivity index (χ1n) is 6.84. The predicted octanol–water partition coefficient (Wildman–Crippen LogP) is 2.20. The van der Waals surface area contributed by atoms with Crippen LogP contribution < -0.4 is 0 Å². The molecule has 0 saturated heterocycles. The van der Waals surface area contributed by atoms with Gasteiger partial charge in [0.15, 0.2) is 0 Å². The highest BCUT2D eigenvalue weighted by molar-refractivity contribution is 5.85. The van der Waals surface area contributed by atoms with Gasteiger partial charge >= 0.3 is 0 Å². The van der Waals surface area contributed by atoms with Gasteiger partial charge in [0.25, 0.3) is 0 Å². The first-order chi connectivity index (χ1) is 8.59. The molecule has 0 atom stereocenters. The quantitative estimate of drug-likeness (QED) is 0.622. The average Bonchev–Trinajstić information content (AvgIpc) is 3.21. The van der Waals surface area contributed by atoms with Crippen LogP contribution in [0.5, 0.6) is 0 Å². The molecule has 1 saturated carbocycles. The monoisotopic (exact) mass is 252 g/mol. The molecule has 0 bridgehead atoms.